The maximum atomic E-state index is 6.95. The molecule has 5 N–H and O–H groups in total. The molecule has 0 saturated carbocycles. The third-order valence-electron chi connectivity index (χ3n) is 1.95. The van der Waals surface area contributed by atoms with E-state index >= 15 is 0 Å². The first-order chi connectivity index (χ1) is 6.35. The fraction of sp³-hybridized carbons (Fsp3) is 0.889. The van der Waals surface area contributed by atoms with Crippen molar-refractivity contribution in [1.29, 1.82) is 5.41 Å². The molecule has 0 aromatic rings. The fourth-order valence-electron chi connectivity index (χ4n) is 1.21. The molecule has 0 heterocycles. The maximum Gasteiger partial charge on any atom is 0.00307 e. The molecule has 4 nitrogen and oxygen atoms in total. The fourth-order valence-corrected chi connectivity index (χ4v) is 1.21. The van der Waals surface area contributed by atoms with Crippen LogP contribution in [-0.4, -0.2) is 43.8 Å². The first-order valence-electron chi connectivity index (χ1n) is 4.96. The Labute approximate surface area is 80.8 Å². The second kappa shape index (κ2) is 9.64. The van der Waals surface area contributed by atoms with Gasteiger partial charge in [-0.05, 0) is 51.7 Å². The summed E-state index contributed by atoms with van der Waals surface area (Å²) in [6, 6.07) is 0. The van der Waals surface area contributed by atoms with Gasteiger partial charge in [0.15, 0.2) is 0 Å². The van der Waals surface area contributed by atoms with Crippen molar-refractivity contribution in [1.82, 2.24) is 4.90 Å². The van der Waals surface area contributed by atoms with Gasteiger partial charge in [-0.15, -0.1) is 0 Å². The normalized spacial score (nSPS) is 10.7. The van der Waals surface area contributed by atoms with Gasteiger partial charge < -0.3 is 21.8 Å². The molecule has 0 bridgehead atoms. The molecule has 13 heavy (non-hydrogen) atoms. The largest absolute Gasteiger partial charge is 0.330 e. The molecule has 0 aliphatic rings. The van der Waals surface area contributed by atoms with Crippen molar-refractivity contribution in [3.05, 3.63) is 0 Å². The average Bonchev–Trinajstić information content (AvgIpc) is 2.17. The van der Waals surface area contributed by atoms with Gasteiger partial charge in [-0.1, -0.05) is 0 Å². The Morgan fingerprint density at radius 2 is 1.54 bits per heavy atom. The van der Waals surface area contributed by atoms with Crippen LogP contribution in [0.4, 0.5) is 0 Å². The van der Waals surface area contributed by atoms with Crippen molar-refractivity contribution in [2.45, 2.75) is 19.3 Å². The highest BCUT2D eigenvalue weighted by Gasteiger charge is 2.01. The predicted octanol–water partition coefficient (Wildman–Crippen LogP) is 0.0257. The molecule has 0 radical (unpaired) electrons. The molecular weight excluding hydrogens is 164 g/mol. The minimum atomic E-state index is 0.740. The molecule has 0 spiro atoms. The van der Waals surface area contributed by atoms with E-state index < -0.39 is 0 Å². The number of rotatable bonds is 9. The molecule has 0 amide bonds. The van der Waals surface area contributed by atoms with E-state index in [0.717, 1.165) is 52.0 Å². The molecule has 0 aliphatic heterocycles. The lowest BCUT2D eigenvalue weighted by Crippen LogP contribution is -2.29. The Hall–Kier alpha value is -0.450. The summed E-state index contributed by atoms with van der Waals surface area (Å²) in [5.74, 6) is 0. The molecule has 0 fully saturated rings. The molecule has 78 valence electrons. The van der Waals surface area contributed by atoms with Crippen molar-refractivity contribution in [2.24, 2.45) is 11.5 Å². The SMILES string of the molecule is N=CCCN(CCCN)CCCN. The summed E-state index contributed by atoms with van der Waals surface area (Å²) in [6.07, 6.45) is 4.35. The van der Waals surface area contributed by atoms with E-state index in [4.69, 9.17) is 16.9 Å². The monoisotopic (exact) mass is 186 g/mol. The van der Waals surface area contributed by atoms with E-state index in [9.17, 15) is 0 Å². The van der Waals surface area contributed by atoms with Gasteiger partial charge in [-0.25, -0.2) is 0 Å². The van der Waals surface area contributed by atoms with Gasteiger partial charge in [-0.2, -0.15) is 0 Å². The highest BCUT2D eigenvalue weighted by molar-refractivity contribution is 5.52. The number of hydrogen-bond donors (Lipinski definition) is 3. The van der Waals surface area contributed by atoms with E-state index in [1.807, 2.05) is 0 Å². The van der Waals surface area contributed by atoms with Gasteiger partial charge in [0.05, 0.1) is 0 Å². The zero-order valence-electron chi connectivity index (χ0n) is 8.34. The second-order valence-electron chi connectivity index (χ2n) is 3.12. The van der Waals surface area contributed by atoms with Gasteiger partial charge in [0.2, 0.25) is 0 Å². The molecule has 0 aromatic carbocycles. The Kier molecular flexibility index (Phi) is 9.30. The lowest BCUT2D eigenvalue weighted by molar-refractivity contribution is 0.278. The second-order valence-corrected chi connectivity index (χ2v) is 3.12. The molecular formula is C9H22N4. The van der Waals surface area contributed by atoms with E-state index in [2.05, 4.69) is 4.90 Å². The smallest absolute Gasteiger partial charge is 0.00307 e. The lowest BCUT2D eigenvalue weighted by Gasteiger charge is -2.20. The third-order valence-corrected chi connectivity index (χ3v) is 1.95. The van der Waals surface area contributed by atoms with Gasteiger partial charge in [0.25, 0.3) is 0 Å². The zero-order chi connectivity index (χ0) is 9.94. The minimum Gasteiger partial charge on any atom is -0.330 e. The van der Waals surface area contributed by atoms with Crippen LogP contribution in [0.25, 0.3) is 0 Å². The predicted molar refractivity (Wildman–Crippen MR) is 57.2 cm³/mol. The van der Waals surface area contributed by atoms with Gasteiger partial charge in [0, 0.05) is 6.54 Å². The highest BCUT2D eigenvalue weighted by Crippen LogP contribution is 1.94. The standard InChI is InChI=1S/C9H22N4/c10-4-1-7-13(8-2-5-11)9-3-6-12/h4,10H,1-3,5-9,11-12H2. The molecule has 0 aliphatic carbocycles. The first-order valence-corrected chi connectivity index (χ1v) is 4.96. The zero-order valence-corrected chi connectivity index (χ0v) is 8.34. The van der Waals surface area contributed by atoms with Crippen LogP contribution in [0.15, 0.2) is 0 Å². The van der Waals surface area contributed by atoms with E-state index in [-0.39, 0.29) is 0 Å². The Balaban J connectivity index is 3.52. The number of nitrogens with two attached hydrogens (primary N) is 2. The van der Waals surface area contributed by atoms with Crippen LogP contribution in [0.3, 0.4) is 0 Å². The summed E-state index contributed by atoms with van der Waals surface area (Å²) in [5.41, 5.74) is 10.9. The molecule has 0 aromatic heterocycles. The Morgan fingerprint density at radius 3 is 1.92 bits per heavy atom. The maximum absolute atomic E-state index is 6.95. The van der Waals surface area contributed by atoms with Crippen molar-refractivity contribution in [3.63, 3.8) is 0 Å². The number of nitrogens with zero attached hydrogens (tertiary/aromatic N) is 1. The van der Waals surface area contributed by atoms with Crippen molar-refractivity contribution in [3.8, 4) is 0 Å². The molecule has 0 atom stereocenters. The summed E-state index contributed by atoms with van der Waals surface area (Å²) in [7, 11) is 0. The van der Waals surface area contributed by atoms with Crippen LogP contribution in [0.5, 0.6) is 0 Å². The van der Waals surface area contributed by atoms with Crippen LogP contribution in [0.2, 0.25) is 0 Å². The topological polar surface area (TPSA) is 79.1 Å². The number of nitrogens with one attached hydrogen (secondary N) is 1. The van der Waals surface area contributed by atoms with Crippen molar-refractivity contribution < 1.29 is 0 Å². The summed E-state index contributed by atoms with van der Waals surface area (Å²) < 4.78 is 0. The minimum absolute atomic E-state index is 0.740. The van der Waals surface area contributed by atoms with Gasteiger partial charge in [0.1, 0.15) is 0 Å². The third kappa shape index (κ3) is 7.90. The molecule has 0 rings (SSSR count). The Morgan fingerprint density at radius 1 is 1.00 bits per heavy atom. The van der Waals surface area contributed by atoms with Crippen LogP contribution < -0.4 is 11.5 Å². The quantitative estimate of drug-likeness (QED) is 0.444. The summed E-state index contributed by atoms with van der Waals surface area (Å²) in [6.45, 7) is 4.51. The van der Waals surface area contributed by atoms with Crippen LogP contribution >= 0.6 is 0 Å². The first kappa shape index (κ1) is 12.6. The molecule has 0 unspecified atom stereocenters. The van der Waals surface area contributed by atoms with E-state index in [0.29, 0.717) is 0 Å². The molecule has 0 saturated heterocycles. The van der Waals surface area contributed by atoms with E-state index in [1.165, 1.54) is 6.21 Å². The molecule has 4 heteroatoms. The van der Waals surface area contributed by atoms with Crippen LogP contribution in [0, 0.1) is 5.41 Å². The average molecular weight is 186 g/mol. The summed E-state index contributed by atoms with van der Waals surface area (Å²) >= 11 is 0. The van der Waals surface area contributed by atoms with Crippen LogP contribution in [0.1, 0.15) is 19.3 Å². The summed E-state index contributed by atoms with van der Waals surface area (Å²) in [4.78, 5) is 2.32. The van der Waals surface area contributed by atoms with Gasteiger partial charge in [-0.3, -0.25) is 0 Å². The summed E-state index contributed by atoms with van der Waals surface area (Å²) in [5, 5.41) is 6.95. The Bertz CT molecular complexity index is 108. The van der Waals surface area contributed by atoms with Crippen LogP contribution in [-0.2, 0) is 0 Å². The van der Waals surface area contributed by atoms with Gasteiger partial charge >= 0.3 is 0 Å². The van der Waals surface area contributed by atoms with E-state index in [1.54, 1.807) is 0 Å². The van der Waals surface area contributed by atoms with Crippen molar-refractivity contribution in [2.75, 3.05) is 32.7 Å². The van der Waals surface area contributed by atoms with Crippen molar-refractivity contribution >= 4 is 6.21 Å². The lowest BCUT2D eigenvalue weighted by atomic mass is 10.3. The highest BCUT2D eigenvalue weighted by atomic mass is 15.1. The number of hydrogen-bond acceptors (Lipinski definition) is 4.